The molecule has 0 aromatic carbocycles. The molecule has 1 unspecified atom stereocenters. The minimum atomic E-state index is 0.566. The largest absolute Gasteiger partial charge is 0.297 e. The third-order valence-electron chi connectivity index (χ3n) is 2.83. The highest BCUT2D eigenvalue weighted by Crippen LogP contribution is 2.21. The first-order valence-corrected chi connectivity index (χ1v) is 5.43. The lowest BCUT2D eigenvalue weighted by Crippen LogP contribution is -2.43. The van der Waals surface area contributed by atoms with Crippen LogP contribution in [-0.4, -0.2) is 29.8 Å². The van der Waals surface area contributed by atoms with Crippen molar-refractivity contribution in [1.82, 2.24) is 4.90 Å². The van der Waals surface area contributed by atoms with Gasteiger partial charge in [-0.25, -0.2) is 0 Å². The summed E-state index contributed by atoms with van der Waals surface area (Å²) >= 11 is 0. The summed E-state index contributed by atoms with van der Waals surface area (Å²) < 4.78 is 0. The SMILES string of the molecule is CC(C)N1CCCCC1CC#CC=O. The van der Waals surface area contributed by atoms with E-state index in [-0.39, 0.29) is 0 Å². The maximum absolute atomic E-state index is 10.1. The van der Waals surface area contributed by atoms with Gasteiger partial charge in [0.15, 0.2) is 6.29 Å². The average Bonchev–Trinajstić information content (AvgIpc) is 2.19. The third-order valence-corrected chi connectivity index (χ3v) is 2.83. The fourth-order valence-corrected chi connectivity index (χ4v) is 2.14. The molecule has 0 amide bonds. The molecule has 78 valence electrons. The van der Waals surface area contributed by atoms with Gasteiger partial charge in [0.1, 0.15) is 0 Å². The summed E-state index contributed by atoms with van der Waals surface area (Å²) in [6.45, 7) is 5.64. The van der Waals surface area contributed by atoms with E-state index >= 15 is 0 Å². The summed E-state index contributed by atoms with van der Waals surface area (Å²) in [7, 11) is 0. The fourth-order valence-electron chi connectivity index (χ4n) is 2.14. The molecule has 0 spiro atoms. The second-order valence-corrected chi connectivity index (χ2v) is 4.12. The van der Waals surface area contributed by atoms with Crippen LogP contribution in [0, 0.1) is 11.8 Å². The Labute approximate surface area is 86.7 Å². The molecule has 1 rings (SSSR count). The van der Waals surface area contributed by atoms with E-state index in [4.69, 9.17) is 0 Å². The van der Waals surface area contributed by atoms with Gasteiger partial charge in [-0.1, -0.05) is 12.3 Å². The highest BCUT2D eigenvalue weighted by atomic mass is 16.1. The van der Waals surface area contributed by atoms with E-state index in [1.807, 2.05) is 0 Å². The van der Waals surface area contributed by atoms with Crippen molar-refractivity contribution in [3.05, 3.63) is 0 Å². The Morgan fingerprint density at radius 3 is 2.93 bits per heavy atom. The topological polar surface area (TPSA) is 20.3 Å². The van der Waals surface area contributed by atoms with Crippen molar-refractivity contribution in [2.24, 2.45) is 0 Å². The molecule has 0 bridgehead atoms. The maximum atomic E-state index is 10.1. The van der Waals surface area contributed by atoms with Crippen LogP contribution >= 0.6 is 0 Å². The van der Waals surface area contributed by atoms with E-state index in [9.17, 15) is 4.79 Å². The summed E-state index contributed by atoms with van der Waals surface area (Å²) in [4.78, 5) is 12.6. The van der Waals surface area contributed by atoms with Gasteiger partial charge in [-0.3, -0.25) is 9.69 Å². The van der Waals surface area contributed by atoms with E-state index in [1.54, 1.807) is 0 Å². The number of carbonyl (C=O) groups excluding carboxylic acids is 1. The van der Waals surface area contributed by atoms with Gasteiger partial charge in [-0.15, -0.1) is 0 Å². The van der Waals surface area contributed by atoms with Crippen LogP contribution in [0.15, 0.2) is 0 Å². The number of carbonyl (C=O) groups is 1. The Morgan fingerprint density at radius 2 is 2.29 bits per heavy atom. The van der Waals surface area contributed by atoms with E-state index in [1.165, 1.54) is 25.8 Å². The van der Waals surface area contributed by atoms with Crippen LogP contribution in [0.5, 0.6) is 0 Å². The van der Waals surface area contributed by atoms with Gasteiger partial charge in [0.2, 0.25) is 0 Å². The Bertz CT molecular complexity index is 236. The molecule has 1 fully saturated rings. The molecule has 14 heavy (non-hydrogen) atoms. The van der Waals surface area contributed by atoms with Crippen molar-refractivity contribution in [3.8, 4) is 11.8 Å². The molecule has 0 aromatic heterocycles. The predicted molar refractivity (Wildman–Crippen MR) is 57.9 cm³/mol. The van der Waals surface area contributed by atoms with Crippen LogP contribution in [0.4, 0.5) is 0 Å². The van der Waals surface area contributed by atoms with Crippen LogP contribution < -0.4 is 0 Å². The second kappa shape index (κ2) is 5.82. The second-order valence-electron chi connectivity index (χ2n) is 4.12. The van der Waals surface area contributed by atoms with Gasteiger partial charge in [0.05, 0.1) is 0 Å². The Balaban J connectivity index is 2.49. The third kappa shape index (κ3) is 3.16. The van der Waals surface area contributed by atoms with Crippen molar-refractivity contribution >= 4 is 6.29 Å². The molecule has 0 saturated carbocycles. The normalized spacial score (nSPS) is 22.9. The molecule has 2 heteroatoms. The van der Waals surface area contributed by atoms with Crippen molar-refractivity contribution in [2.75, 3.05) is 6.54 Å². The first-order chi connectivity index (χ1) is 6.75. The molecule has 2 nitrogen and oxygen atoms in total. The molecule has 1 aliphatic heterocycles. The van der Waals surface area contributed by atoms with Crippen LogP contribution in [0.3, 0.4) is 0 Å². The number of aldehydes is 1. The molecule has 0 radical (unpaired) electrons. The van der Waals surface area contributed by atoms with Gasteiger partial charge in [0, 0.05) is 18.5 Å². The molecule has 1 saturated heterocycles. The fraction of sp³-hybridized carbons (Fsp3) is 0.750. The number of piperidine rings is 1. The van der Waals surface area contributed by atoms with E-state index < -0.39 is 0 Å². The van der Waals surface area contributed by atoms with Crippen LogP contribution in [0.1, 0.15) is 39.5 Å². The minimum Gasteiger partial charge on any atom is -0.297 e. The molecule has 1 heterocycles. The van der Waals surface area contributed by atoms with Crippen molar-refractivity contribution in [1.29, 1.82) is 0 Å². The zero-order valence-electron chi connectivity index (χ0n) is 9.12. The molecule has 1 atom stereocenters. The van der Waals surface area contributed by atoms with Crippen LogP contribution in [-0.2, 0) is 4.79 Å². The van der Waals surface area contributed by atoms with Gasteiger partial charge >= 0.3 is 0 Å². The monoisotopic (exact) mass is 193 g/mol. The minimum absolute atomic E-state index is 0.566. The molecular formula is C12H19NO. The Kier molecular flexibility index (Phi) is 4.69. The molecular weight excluding hydrogens is 174 g/mol. The smallest absolute Gasteiger partial charge is 0.192 e. The summed E-state index contributed by atoms with van der Waals surface area (Å²) in [5.41, 5.74) is 0. The quantitative estimate of drug-likeness (QED) is 0.492. The van der Waals surface area contributed by atoms with Crippen molar-refractivity contribution in [3.63, 3.8) is 0 Å². The first kappa shape index (κ1) is 11.3. The molecule has 1 aliphatic rings. The van der Waals surface area contributed by atoms with Gasteiger partial charge in [-0.2, -0.15) is 0 Å². The summed E-state index contributed by atoms with van der Waals surface area (Å²) in [5.74, 6) is 5.43. The zero-order valence-corrected chi connectivity index (χ0v) is 9.12. The van der Waals surface area contributed by atoms with Crippen molar-refractivity contribution in [2.45, 2.75) is 51.6 Å². The maximum Gasteiger partial charge on any atom is 0.192 e. The number of hydrogen-bond donors (Lipinski definition) is 0. The van der Waals surface area contributed by atoms with Gasteiger partial charge in [0.25, 0.3) is 0 Å². The molecule has 0 aliphatic carbocycles. The average molecular weight is 193 g/mol. The lowest BCUT2D eigenvalue weighted by molar-refractivity contribution is -0.103. The summed E-state index contributed by atoms with van der Waals surface area (Å²) in [6.07, 6.45) is 5.36. The highest BCUT2D eigenvalue weighted by molar-refractivity contribution is 5.72. The number of hydrogen-bond acceptors (Lipinski definition) is 2. The van der Waals surface area contributed by atoms with Gasteiger partial charge in [-0.05, 0) is 39.2 Å². The standard InChI is InChI=1S/C12H19NO/c1-11(2)13-9-5-3-7-12(13)8-4-6-10-14/h10-12H,3,5,7-9H2,1-2H3. The predicted octanol–water partition coefficient (Wildman–Crippen LogP) is 1.84. The molecule has 0 aromatic rings. The van der Waals surface area contributed by atoms with Gasteiger partial charge < -0.3 is 0 Å². The number of rotatable bonds is 2. The molecule has 0 N–H and O–H groups in total. The lowest BCUT2D eigenvalue weighted by atomic mass is 9.98. The number of nitrogens with zero attached hydrogens (tertiary/aromatic N) is 1. The van der Waals surface area contributed by atoms with Crippen LogP contribution in [0.2, 0.25) is 0 Å². The Morgan fingerprint density at radius 1 is 1.50 bits per heavy atom. The van der Waals surface area contributed by atoms with E-state index in [2.05, 4.69) is 30.6 Å². The highest BCUT2D eigenvalue weighted by Gasteiger charge is 2.23. The number of likely N-dealkylation sites (tertiary alicyclic amines) is 1. The summed E-state index contributed by atoms with van der Waals surface area (Å²) in [5, 5.41) is 0. The summed E-state index contributed by atoms with van der Waals surface area (Å²) in [6, 6.07) is 1.16. The first-order valence-electron chi connectivity index (χ1n) is 5.43. The van der Waals surface area contributed by atoms with Crippen molar-refractivity contribution < 1.29 is 4.79 Å². The van der Waals surface area contributed by atoms with E-state index in [0.717, 1.165) is 6.42 Å². The van der Waals surface area contributed by atoms with E-state index in [0.29, 0.717) is 18.4 Å². The lowest BCUT2D eigenvalue weighted by Gasteiger charge is -2.37. The Hall–Kier alpha value is -0.810. The zero-order chi connectivity index (χ0) is 10.4. The van der Waals surface area contributed by atoms with Crippen LogP contribution in [0.25, 0.3) is 0 Å².